The normalized spacial score (nSPS) is 10.2. The van der Waals surface area contributed by atoms with Crippen molar-refractivity contribution in [2.24, 2.45) is 0 Å². The highest BCUT2D eigenvalue weighted by Gasteiger charge is 2.12. The van der Waals surface area contributed by atoms with Crippen molar-refractivity contribution in [3.63, 3.8) is 0 Å². The van der Waals surface area contributed by atoms with Crippen molar-refractivity contribution in [1.29, 1.82) is 0 Å². The molecule has 19 heavy (non-hydrogen) atoms. The summed E-state index contributed by atoms with van der Waals surface area (Å²) < 4.78 is 0. The zero-order valence-electron chi connectivity index (χ0n) is 11.1. The predicted molar refractivity (Wildman–Crippen MR) is 78.9 cm³/mol. The second-order valence-corrected chi connectivity index (χ2v) is 5.39. The summed E-state index contributed by atoms with van der Waals surface area (Å²) in [6.45, 7) is 0.640. The molecule has 2 rings (SSSR count). The molecule has 0 saturated carbocycles. The van der Waals surface area contributed by atoms with Gasteiger partial charge in [0, 0.05) is 31.7 Å². The highest BCUT2D eigenvalue weighted by Crippen LogP contribution is 2.14. The van der Waals surface area contributed by atoms with Crippen LogP contribution in [0.25, 0.3) is 0 Å². The van der Waals surface area contributed by atoms with Crippen molar-refractivity contribution in [1.82, 2.24) is 10.3 Å². The molecule has 0 atom stereocenters. The van der Waals surface area contributed by atoms with Gasteiger partial charge in [-0.2, -0.15) is 0 Å². The van der Waals surface area contributed by atoms with Crippen LogP contribution in [0.3, 0.4) is 0 Å². The van der Waals surface area contributed by atoms with Gasteiger partial charge in [0.05, 0.1) is 5.56 Å². The molecule has 100 valence electrons. The Hall–Kier alpha value is -1.88. The van der Waals surface area contributed by atoms with Gasteiger partial charge < -0.3 is 10.2 Å². The second kappa shape index (κ2) is 6.33. The molecule has 0 fully saturated rings. The number of rotatable bonds is 5. The molecular weight excluding hydrogens is 258 g/mol. The number of carbonyl (C=O) groups excluding carboxylic acids is 1. The van der Waals surface area contributed by atoms with Gasteiger partial charge in [-0.25, -0.2) is 4.98 Å². The summed E-state index contributed by atoms with van der Waals surface area (Å²) in [5.41, 5.74) is 0.610. The van der Waals surface area contributed by atoms with Crippen LogP contribution in [0.15, 0.2) is 35.8 Å². The summed E-state index contributed by atoms with van der Waals surface area (Å²) in [6, 6.07) is 7.67. The Morgan fingerprint density at radius 3 is 2.89 bits per heavy atom. The number of aromatic nitrogens is 1. The van der Waals surface area contributed by atoms with Gasteiger partial charge >= 0.3 is 0 Å². The Labute approximate surface area is 117 Å². The van der Waals surface area contributed by atoms with Crippen LogP contribution in [-0.2, 0) is 6.42 Å². The van der Waals surface area contributed by atoms with Crippen molar-refractivity contribution in [2.45, 2.75) is 6.42 Å². The molecule has 4 nitrogen and oxygen atoms in total. The molecule has 0 saturated heterocycles. The van der Waals surface area contributed by atoms with Gasteiger partial charge in [-0.1, -0.05) is 6.07 Å². The average molecular weight is 275 g/mol. The third kappa shape index (κ3) is 3.54. The molecule has 0 bridgehead atoms. The van der Waals surface area contributed by atoms with Crippen molar-refractivity contribution in [3.8, 4) is 0 Å². The van der Waals surface area contributed by atoms with Crippen LogP contribution in [0, 0.1) is 0 Å². The predicted octanol–water partition coefficient (Wildman–Crippen LogP) is 2.18. The molecule has 0 aromatic carbocycles. The third-order valence-corrected chi connectivity index (χ3v) is 3.63. The van der Waals surface area contributed by atoms with Crippen molar-refractivity contribution in [2.75, 3.05) is 25.5 Å². The molecule has 1 amide bonds. The van der Waals surface area contributed by atoms with Gasteiger partial charge in [0.2, 0.25) is 0 Å². The lowest BCUT2D eigenvalue weighted by atomic mass is 10.2. The van der Waals surface area contributed by atoms with Crippen LogP contribution in [-0.4, -0.2) is 31.5 Å². The third-order valence-electron chi connectivity index (χ3n) is 2.69. The SMILES string of the molecule is CN(C)c1ncccc1C(=O)NCCc1cccs1. The van der Waals surface area contributed by atoms with E-state index in [2.05, 4.69) is 16.4 Å². The van der Waals surface area contributed by atoms with E-state index in [1.807, 2.05) is 30.4 Å². The van der Waals surface area contributed by atoms with Crippen molar-refractivity contribution >= 4 is 23.1 Å². The Morgan fingerprint density at radius 1 is 1.37 bits per heavy atom. The summed E-state index contributed by atoms with van der Waals surface area (Å²) in [5, 5.41) is 4.98. The van der Waals surface area contributed by atoms with Crippen LogP contribution in [0.5, 0.6) is 0 Å². The fourth-order valence-corrected chi connectivity index (χ4v) is 2.49. The van der Waals surface area contributed by atoms with Crippen molar-refractivity contribution < 1.29 is 4.79 Å². The maximum atomic E-state index is 12.1. The second-order valence-electron chi connectivity index (χ2n) is 4.35. The lowest BCUT2D eigenvalue weighted by molar-refractivity contribution is 0.0954. The highest BCUT2D eigenvalue weighted by atomic mass is 32.1. The average Bonchev–Trinajstić information content (AvgIpc) is 2.91. The number of anilines is 1. The molecule has 1 N–H and O–H groups in total. The zero-order chi connectivity index (χ0) is 13.7. The minimum Gasteiger partial charge on any atom is -0.362 e. The van der Waals surface area contributed by atoms with E-state index < -0.39 is 0 Å². The van der Waals surface area contributed by atoms with E-state index in [4.69, 9.17) is 0 Å². The summed E-state index contributed by atoms with van der Waals surface area (Å²) in [7, 11) is 3.76. The summed E-state index contributed by atoms with van der Waals surface area (Å²) >= 11 is 1.71. The number of thiophene rings is 1. The number of hydrogen-bond acceptors (Lipinski definition) is 4. The summed E-state index contributed by atoms with van der Waals surface area (Å²) in [6.07, 6.45) is 2.55. The monoisotopic (exact) mass is 275 g/mol. The van der Waals surface area contributed by atoms with Crippen molar-refractivity contribution in [3.05, 3.63) is 46.3 Å². The number of nitrogens with one attached hydrogen (secondary N) is 1. The Kier molecular flexibility index (Phi) is 4.52. The first-order valence-electron chi connectivity index (χ1n) is 6.11. The molecular formula is C14H17N3OS. The molecule has 0 radical (unpaired) electrons. The molecule has 0 aliphatic carbocycles. The minimum atomic E-state index is -0.0756. The van der Waals surface area contributed by atoms with Crippen LogP contribution >= 0.6 is 11.3 Å². The minimum absolute atomic E-state index is 0.0756. The van der Waals surface area contributed by atoms with Gasteiger partial charge in [0.25, 0.3) is 5.91 Å². The molecule has 0 spiro atoms. The molecule has 2 heterocycles. The first kappa shape index (κ1) is 13.5. The smallest absolute Gasteiger partial charge is 0.255 e. The van der Waals surface area contributed by atoms with E-state index in [-0.39, 0.29) is 5.91 Å². The lowest BCUT2D eigenvalue weighted by Gasteiger charge is -2.15. The summed E-state index contributed by atoms with van der Waals surface area (Å²) in [4.78, 5) is 19.5. The molecule has 0 aliphatic rings. The maximum Gasteiger partial charge on any atom is 0.255 e. The number of pyridine rings is 1. The van der Waals surface area contributed by atoms with Crippen LogP contribution in [0.1, 0.15) is 15.2 Å². The summed E-state index contributed by atoms with van der Waals surface area (Å²) in [5.74, 6) is 0.615. The number of carbonyl (C=O) groups is 1. The standard InChI is InChI=1S/C14H17N3OS/c1-17(2)13-12(6-3-8-15-13)14(18)16-9-7-11-5-4-10-19-11/h3-6,8,10H,7,9H2,1-2H3,(H,16,18). The van der Waals surface area contributed by atoms with Gasteiger partial charge in [-0.05, 0) is 30.0 Å². The van der Waals surface area contributed by atoms with Gasteiger partial charge in [0.15, 0.2) is 0 Å². The lowest BCUT2D eigenvalue weighted by Crippen LogP contribution is -2.27. The maximum absolute atomic E-state index is 12.1. The topological polar surface area (TPSA) is 45.2 Å². The van der Waals surface area contributed by atoms with E-state index >= 15 is 0 Å². The highest BCUT2D eigenvalue weighted by molar-refractivity contribution is 7.09. The molecule has 2 aromatic heterocycles. The van der Waals surface area contributed by atoms with Crippen LogP contribution < -0.4 is 10.2 Å². The number of hydrogen-bond donors (Lipinski definition) is 1. The van der Waals surface area contributed by atoms with E-state index in [0.29, 0.717) is 17.9 Å². The Morgan fingerprint density at radius 2 is 2.21 bits per heavy atom. The van der Waals surface area contributed by atoms with Crippen LogP contribution in [0.2, 0.25) is 0 Å². The number of amides is 1. The zero-order valence-corrected chi connectivity index (χ0v) is 11.9. The van der Waals surface area contributed by atoms with E-state index in [1.54, 1.807) is 29.7 Å². The first-order valence-corrected chi connectivity index (χ1v) is 6.99. The van der Waals surface area contributed by atoms with E-state index in [0.717, 1.165) is 6.42 Å². The Bertz CT molecular complexity index is 537. The van der Waals surface area contributed by atoms with E-state index in [9.17, 15) is 4.79 Å². The largest absolute Gasteiger partial charge is 0.362 e. The van der Waals surface area contributed by atoms with E-state index in [1.165, 1.54) is 4.88 Å². The molecule has 2 aromatic rings. The Balaban J connectivity index is 1.96. The van der Waals surface area contributed by atoms with Crippen LogP contribution in [0.4, 0.5) is 5.82 Å². The fraction of sp³-hybridized carbons (Fsp3) is 0.286. The molecule has 0 aliphatic heterocycles. The molecule has 0 unspecified atom stereocenters. The van der Waals surface area contributed by atoms with Gasteiger partial charge in [-0.3, -0.25) is 4.79 Å². The molecule has 5 heteroatoms. The van der Waals surface area contributed by atoms with Gasteiger partial charge in [-0.15, -0.1) is 11.3 Å². The first-order chi connectivity index (χ1) is 9.18. The number of nitrogens with zero attached hydrogens (tertiary/aromatic N) is 2. The quantitative estimate of drug-likeness (QED) is 0.909. The van der Waals surface area contributed by atoms with Gasteiger partial charge in [0.1, 0.15) is 5.82 Å². The fourth-order valence-electron chi connectivity index (χ4n) is 1.78.